The van der Waals surface area contributed by atoms with E-state index in [1.807, 2.05) is 12.2 Å². The highest BCUT2D eigenvalue weighted by Crippen LogP contribution is 2.48. The normalized spacial score (nSPS) is 28.7. The molecule has 0 spiro atoms. The second-order valence-corrected chi connectivity index (χ2v) is 7.46. The Kier molecular flexibility index (Phi) is 3.73. The maximum Gasteiger partial charge on any atom is 0.307 e. The minimum atomic E-state index is -3.79. The molecule has 1 saturated carbocycles. The van der Waals surface area contributed by atoms with Crippen molar-refractivity contribution >= 4 is 27.6 Å². The minimum Gasteiger partial charge on any atom is -0.481 e. The number of benzene rings is 1. The van der Waals surface area contributed by atoms with Gasteiger partial charge < -0.3 is 10.4 Å². The molecule has 0 aliphatic heterocycles. The maximum atomic E-state index is 12.5. The number of sulfonamides is 1. The number of hydrogen-bond donors (Lipinski definition) is 3. The van der Waals surface area contributed by atoms with Crippen LogP contribution >= 0.6 is 0 Å². The zero-order chi connectivity index (χ0) is 16.8. The van der Waals surface area contributed by atoms with Crippen molar-refractivity contribution in [3.05, 3.63) is 36.4 Å². The summed E-state index contributed by atoms with van der Waals surface area (Å²) in [5, 5.41) is 17.0. The number of rotatable bonds is 4. The van der Waals surface area contributed by atoms with E-state index in [1.165, 1.54) is 24.3 Å². The van der Waals surface area contributed by atoms with Crippen LogP contribution in [0.15, 0.2) is 41.3 Å². The Hall–Kier alpha value is -2.19. The lowest BCUT2D eigenvalue weighted by molar-refractivity contribution is -0.146. The first kappa shape index (κ1) is 15.7. The van der Waals surface area contributed by atoms with Crippen molar-refractivity contribution < 1.29 is 23.1 Å². The van der Waals surface area contributed by atoms with Crippen molar-refractivity contribution in [3.8, 4) is 0 Å². The molecule has 1 aromatic carbocycles. The molecular formula is C15H16N2O5S. The van der Waals surface area contributed by atoms with E-state index in [4.69, 9.17) is 5.14 Å². The Morgan fingerprint density at radius 2 is 1.65 bits per heavy atom. The Labute approximate surface area is 133 Å². The van der Waals surface area contributed by atoms with Crippen LogP contribution in [-0.4, -0.2) is 25.4 Å². The number of carbonyl (C=O) groups excluding carboxylic acids is 1. The molecule has 1 aromatic rings. The number of nitrogens with two attached hydrogens (primary N) is 1. The number of primary sulfonamides is 1. The molecule has 7 nitrogen and oxygen atoms in total. The topological polar surface area (TPSA) is 127 Å². The fourth-order valence-corrected chi connectivity index (χ4v) is 3.99. The van der Waals surface area contributed by atoms with Gasteiger partial charge in [-0.2, -0.15) is 0 Å². The lowest BCUT2D eigenvalue weighted by Gasteiger charge is -2.23. The molecule has 1 amide bonds. The smallest absolute Gasteiger partial charge is 0.307 e. The summed E-state index contributed by atoms with van der Waals surface area (Å²) in [5.41, 5.74) is 0.401. The largest absolute Gasteiger partial charge is 0.481 e. The standard InChI is InChI=1S/C15H16N2O5S/c16-23(21,22)11-5-3-10(4-6-11)17-14(18)12-8-1-2-9(7-8)13(12)15(19)20/h1-6,8-9,12-13H,7H2,(H,17,18)(H,19,20)(H2,16,21,22)/t8?,9?,12-,13+/m1/s1. The molecule has 0 aromatic heterocycles. The van der Waals surface area contributed by atoms with Crippen LogP contribution in [0.3, 0.4) is 0 Å². The van der Waals surface area contributed by atoms with Gasteiger partial charge >= 0.3 is 5.97 Å². The van der Waals surface area contributed by atoms with E-state index >= 15 is 0 Å². The van der Waals surface area contributed by atoms with Gasteiger partial charge in [0, 0.05) is 5.69 Å². The van der Waals surface area contributed by atoms with Gasteiger partial charge in [0.25, 0.3) is 0 Å². The molecule has 3 rings (SSSR count). The lowest BCUT2D eigenvalue weighted by atomic mass is 9.82. The third kappa shape index (κ3) is 2.87. The zero-order valence-corrected chi connectivity index (χ0v) is 12.9. The summed E-state index contributed by atoms with van der Waals surface area (Å²) >= 11 is 0. The number of allylic oxidation sites excluding steroid dienone is 2. The molecule has 0 radical (unpaired) electrons. The molecule has 0 saturated heterocycles. The first-order chi connectivity index (χ1) is 10.8. The molecule has 0 heterocycles. The van der Waals surface area contributed by atoms with Crippen LogP contribution in [0, 0.1) is 23.7 Å². The summed E-state index contributed by atoms with van der Waals surface area (Å²) in [5.74, 6) is -2.82. The molecule has 122 valence electrons. The van der Waals surface area contributed by atoms with Gasteiger partial charge in [-0.3, -0.25) is 9.59 Å². The number of aliphatic carboxylic acids is 1. The molecule has 1 fully saturated rings. The SMILES string of the molecule is NS(=O)(=O)c1ccc(NC(=O)[C@@H]2C3C=CC(C3)[C@@H]2C(=O)O)cc1. The second-order valence-electron chi connectivity index (χ2n) is 5.90. The summed E-state index contributed by atoms with van der Waals surface area (Å²) in [4.78, 5) is 23.8. The number of fused-ring (bicyclic) bond motifs is 2. The number of carboxylic acids is 1. The Balaban J connectivity index is 1.77. The summed E-state index contributed by atoms with van der Waals surface area (Å²) < 4.78 is 22.4. The fraction of sp³-hybridized carbons (Fsp3) is 0.333. The summed E-state index contributed by atoms with van der Waals surface area (Å²) in [6, 6.07) is 5.44. The predicted octanol–water partition coefficient (Wildman–Crippen LogP) is 0.795. The van der Waals surface area contributed by atoms with E-state index < -0.39 is 27.8 Å². The van der Waals surface area contributed by atoms with Gasteiger partial charge in [-0.15, -0.1) is 0 Å². The number of anilines is 1. The average Bonchev–Trinajstić information content (AvgIpc) is 3.07. The highest BCUT2D eigenvalue weighted by atomic mass is 32.2. The number of carboxylic acid groups (broad SMARTS) is 1. The molecule has 2 aliphatic carbocycles. The summed E-state index contributed by atoms with van der Waals surface area (Å²) in [7, 11) is -3.79. The fourth-order valence-electron chi connectivity index (χ4n) is 3.47. The van der Waals surface area contributed by atoms with Crippen LogP contribution in [0.4, 0.5) is 5.69 Å². The van der Waals surface area contributed by atoms with Gasteiger partial charge in [0.1, 0.15) is 0 Å². The highest BCUT2D eigenvalue weighted by Gasteiger charge is 2.51. The monoisotopic (exact) mass is 336 g/mol. The second kappa shape index (κ2) is 5.47. The number of hydrogen-bond acceptors (Lipinski definition) is 4. The van der Waals surface area contributed by atoms with Crippen molar-refractivity contribution in [1.82, 2.24) is 0 Å². The maximum absolute atomic E-state index is 12.5. The molecule has 8 heteroatoms. The van der Waals surface area contributed by atoms with Gasteiger partial charge in [-0.05, 0) is 42.5 Å². The lowest BCUT2D eigenvalue weighted by Crippen LogP contribution is -2.36. The van der Waals surface area contributed by atoms with Gasteiger partial charge in [0.2, 0.25) is 15.9 Å². The Morgan fingerprint density at radius 3 is 2.17 bits per heavy atom. The van der Waals surface area contributed by atoms with E-state index in [0.717, 1.165) is 0 Å². The van der Waals surface area contributed by atoms with Crippen molar-refractivity contribution in [1.29, 1.82) is 0 Å². The predicted molar refractivity (Wildman–Crippen MR) is 81.8 cm³/mol. The number of nitrogens with one attached hydrogen (secondary N) is 1. The van der Waals surface area contributed by atoms with Crippen LogP contribution in [0.2, 0.25) is 0 Å². The molecule has 2 bridgehead atoms. The molecule has 2 unspecified atom stereocenters. The van der Waals surface area contributed by atoms with Crippen molar-refractivity contribution in [2.24, 2.45) is 28.8 Å². The van der Waals surface area contributed by atoms with E-state index in [2.05, 4.69) is 5.32 Å². The molecule has 2 aliphatic rings. The highest BCUT2D eigenvalue weighted by molar-refractivity contribution is 7.89. The molecule has 4 N–H and O–H groups in total. The number of amides is 1. The molecular weight excluding hydrogens is 320 g/mol. The Morgan fingerprint density at radius 1 is 1.09 bits per heavy atom. The van der Waals surface area contributed by atoms with E-state index in [9.17, 15) is 23.1 Å². The summed E-state index contributed by atoms with van der Waals surface area (Å²) in [6.07, 6.45) is 4.45. The van der Waals surface area contributed by atoms with Gasteiger partial charge in [-0.1, -0.05) is 12.2 Å². The first-order valence-electron chi connectivity index (χ1n) is 7.12. The van der Waals surface area contributed by atoms with Crippen molar-refractivity contribution in [3.63, 3.8) is 0 Å². The van der Waals surface area contributed by atoms with Crippen LogP contribution in [0.1, 0.15) is 6.42 Å². The van der Waals surface area contributed by atoms with Crippen molar-refractivity contribution in [2.75, 3.05) is 5.32 Å². The van der Waals surface area contributed by atoms with Crippen LogP contribution in [-0.2, 0) is 19.6 Å². The molecule has 23 heavy (non-hydrogen) atoms. The van der Waals surface area contributed by atoms with E-state index in [1.54, 1.807) is 0 Å². The summed E-state index contributed by atoms with van der Waals surface area (Å²) in [6.45, 7) is 0. The average molecular weight is 336 g/mol. The molecule has 4 atom stereocenters. The van der Waals surface area contributed by atoms with E-state index in [-0.39, 0.29) is 22.6 Å². The zero-order valence-electron chi connectivity index (χ0n) is 12.0. The van der Waals surface area contributed by atoms with Crippen LogP contribution in [0.25, 0.3) is 0 Å². The van der Waals surface area contributed by atoms with E-state index in [0.29, 0.717) is 12.1 Å². The third-order valence-electron chi connectivity index (χ3n) is 4.50. The van der Waals surface area contributed by atoms with Gasteiger partial charge in [0.15, 0.2) is 0 Å². The van der Waals surface area contributed by atoms with Crippen molar-refractivity contribution in [2.45, 2.75) is 11.3 Å². The van der Waals surface area contributed by atoms with Crippen LogP contribution < -0.4 is 10.5 Å². The third-order valence-corrected chi connectivity index (χ3v) is 5.43. The van der Waals surface area contributed by atoms with Gasteiger partial charge in [0.05, 0.1) is 16.7 Å². The van der Waals surface area contributed by atoms with Gasteiger partial charge in [-0.25, -0.2) is 13.6 Å². The van der Waals surface area contributed by atoms with Crippen LogP contribution in [0.5, 0.6) is 0 Å². The minimum absolute atomic E-state index is 0.0539. The quantitative estimate of drug-likeness (QED) is 0.701. The first-order valence-corrected chi connectivity index (χ1v) is 8.67. The Bertz CT molecular complexity index is 785. The number of carbonyl (C=O) groups is 2.